The summed E-state index contributed by atoms with van der Waals surface area (Å²) in [6, 6.07) is 0. The molecule has 6 aliphatic rings. The Labute approximate surface area is 217 Å². The first-order valence-corrected chi connectivity index (χ1v) is 13.5. The van der Waals surface area contributed by atoms with Crippen molar-refractivity contribution in [2.45, 2.75) is 103 Å². The summed E-state index contributed by atoms with van der Waals surface area (Å²) in [6.45, 7) is 11.0. The van der Waals surface area contributed by atoms with Gasteiger partial charge < -0.3 is 24.8 Å². The summed E-state index contributed by atoms with van der Waals surface area (Å²) in [5.41, 5.74) is -2.82. The highest BCUT2D eigenvalue weighted by atomic mass is 16.7. The van der Waals surface area contributed by atoms with Crippen molar-refractivity contribution in [1.29, 1.82) is 0 Å². The Morgan fingerprint density at radius 1 is 1.05 bits per heavy atom. The molecule has 1 saturated carbocycles. The predicted molar refractivity (Wildman–Crippen MR) is 131 cm³/mol. The normalized spacial score (nSPS) is 52.4. The number of esters is 1. The molecule has 0 bridgehead atoms. The molecule has 2 heterocycles. The van der Waals surface area contributed by atoms with Gasteiger partial charge in [-0.3, -0.25) is 14.4 Å². The minimum atomic E-state index is -1.54. The molecule has 8 nitrogen and oxygen atoms in total. The highest BCUT2D eigenvalue weighted by Gasteiger charge is 2.71. The predicted octanol–water partition coefficient (Wildman–Crippen LogP) is 2.38. The molecular formula is C29H38O8. The van der Waals surface area contributed by atoms with Crippen LogP contribution in [-0.2, 0) is 23.9 Å². The van der Waals surface area contributed by atoms with Crippen LogP contribution in [0, 0.1) is 34.0 Å². The zero-order valence-corrected chi connectivity index (χ0v) is 22.5. The third kappa shape index (κ3) is 2.96. The summed E-state index contributed by atoms with van der Waals surface area (Å²) in [7, 11) is 0. The van der Waals surface area contributed by atoms with E-state index in [1.54, 1.807) is 26.8 Å². The van der Waals surface area contributed by atoms with Gasteiger partial charge in [0.15, 0.2) is 11.6 Å². The van der Waals surface area contributed by atoms with Crippen LogP contribution in [0.4, 0.5) is 0 Å². The van der Waals surface area contributed by atoms with E-state index in [-0.39, 0.29) is 36.7 Å². The number of carbonyl (C=O) groups excluding carboxylic acids is 3. The fourth-order valence-corrected chi connectivity index (χ4v) is 9.32. The number of ketones is 2. The van der Waals surface area contributed by atoms with Gasteiger partial charge in [-0.1, -0.05) is 40.7 Å². The molecule has 202 valence electrons. The molecule has 3 fully saturated rings. The number of ether oxygens (including phenoxy) is 2. The monoisotopic (exact) mass is 514 g/mol. The van der Waals surface area contributed by atoms with Crippen molar-refractivity contribution in [3.63, 3.8) is 0 Å². The molecule has 0 radical (unpaired) electrons. The molecule has 37 heavy (non-hydrogen) atoms. The lowest BCUT2D eigenvalue weighted by molar-refractivity contribution is -0.249. The summed E-state index contributed by atoms with van der Waals surface area (Å²) in [4.78, 5) is 41.1. The van der Waals surface area contributed by atoms with Gasteiger partial charge in [0, 0.05) is 47.2 Å². The fraction of sp³-hybridized carbons (Fsp3) is 0.759. The van der Waals surface area contributed by atoms with Crippen molar-refractivity contribution in [2.75, 3.05) is 0 Å². The van der Waals surface area contributed by atoms with Crippen LogP contribution < -0.4 is 0 Å². The average molecular weight is 515 g/mol. The van der Waals surface area contributed by atoms with Gasteiger partial charge in [-0.25, -0.2) is 0 Å². The molecular weight excluding hydrogens is 476 g/mol. The number of aliphatic hydroxyl groups is 3. The minimum absolute atomic E-state index is 0.0710. The summed E-state index contributed by atoms with van der Waals surface area (Å²) in [5.74, 6) is -3.93. The minimum Gasteiger partial charge on any atom is -0.433 e. The first kappa shape index (κ1) is 25.4. The number of Topliss-reactive ketones (excluding diaryl/α,β-unsaturated/α-hetero) is 2. The van der Waals surface area contributed by atoms with Crippen LogP contribution in [0.3, 0.4) is 0 Å². The van der Waals surface area contributed by atoms with Gasteiger partial charge >= 0.3 is 5.97 Å². The van der Waals surface area contributed by atoms with Crippen LogP contribution in [0.5, 0.6) is 0 Å². The highest BCUT2D eigenvalue weighted by molar-refractivity contribution is 6.13. The van der Waals surface area contributed by atoms with E-state index in [0.717, 1.165) is 0 Å². The molecule has 0 unspecified atom stereocenters. The molecule has 0 aromatic carbocycles. The Morgan fingerprint density at radius 3 is 2.35 bits per heavy atom. The van der Waals surface area contributed by atoms with Gasteiger partial charge in [-0.2, -0.15) is 0 Å². The standard InChI is InChI=1S/C29H38O8/c1-13-11-29(37-24(13)34)12-27(5,35)17-10-15(31)20-19-14(30)9-16-25(2,3)18(32)7-8-26(16,4)21(19)22(33)23(36-29)28(17,20)6/h10,13,15-16,18,20,23,31-32,35H,7-9,11-12H2,1-6H3/t13-,15+,16-,18-,20-,23-,26-,27-,28+,29-/m0/s1. The molecule has 1 spiro atoms. The second-order valence-corrected chi connectivity index (χ2v) is 13.8. The van der Waals surface area contributed by atoms with E-state index in [2.05, 4.69) is 0 Å². The Balaban J connectivity index is 1.58. The first-order valence-electron chi connectivity index (χ1n) is 13.5. The topological polar surface area (TPSA) is 130 Å². The van der Waals surface area contributed by atoms with Gasteiger partial charge in [-0.15, -0.1) is 0 Å². The van der Waals surface area contributed by atoms with Crippen molar-refractivity contribution in [3.8, 4) is 0 Å². The smallest absolute Gasteiger partial charge is 0.311 e. The maximum Gasteiger partial charge on any atom is 0.311 e. The molecule has 0 aromatic heterocycles. The van der Waals surface area contributed by atoms with Crippen LogP contribution >= 0.6 is 0 Å². The summed E-state index contributed by atoms with van der Waals surface area (Å²) < 4.78 is 12.3. The van der Waals surface area contributed by atoms with Crippen LogP contribution in [0.2, 0.25) is 0 Å². The first-order chi connectivity index (χ1) is 17.0. The van der Waals surface area contributed by atoms with Gasteiger partial charge in [0.1, 0.15) is 6.10 Å². The van der Waals surface area contributed by atoms with Crippen molar-refractivity contribution < 1.29 is 39.2 Å². The van der Waals surface area contributed by atoms with E-state index in [1.807, 2.05) is 20.8 Å². The van der Waals surface area contributed by atoms with Gasteiger partial charge in [-0.05, 0) is 36.7 Å². The van der Waals surface area contributed by atoms with E-state index in [4.69, 9.17) is 9.47 Å². The van der Waals surface area contributed by atoms with Crippen molar-refractivity contribution >= 4 is 17.5 Å². The van der Waals surface area contributed by atoms with Crippen molar-refractivity contribution in [2.24, 2.45) is 34.0 Å². The Morgan fingerprint density at radius 2 is 1.73 bits per heavy atom. The molecule has 8 heteroatoms. The second kappa shape index (κ2) is 7.20. The van der Waals surface area contributed by atoms with Crippen LogP contribution in [-0.4, -0.2) is 62.6 Å². The van der Waals surface area contributed by atoms with Crippen LogP contribution in [0.15, 0.2) is 22.8 Å². The molecule has 2 aliphatic heterocycles. The Hall–Kier alpha value is -1.87. The summed E-state index contributed by atoms with van der Waals surface area (Å²) in [6.07, 6.45) is 0.0904. The fourth-order valence-electron chi connectivity index (χ4n) is 9.32. The molecule has 0 aromatic rings. The third-order valence-corrected chi connectivity index (χ3v) is 11.1. The zero-order valence-electron chi connectivity index (χ0n) is 22.5. The maximum absolute atomic E-state index is 14.7. The number of rotatable bonds is 0. The van der Waals surface area contributed by atoms with E-state index >= 15 is 0 Å². The lowest BCUT2D eigenvalue weighted by Crippen LogP contribution is -2.62. The quantitative estimate of drug-likeness (QED) is 0.332. The Kier molecular flexibility index (Phi) is 4.94. The van der Waals surface area contributed by atoms with Crippen molar-refractivity contribution in [1.82, 2.24) is 0 Å². The summed E-state index contributed by atoms with van der Waals surface area (Å²) >= 11 is 0. The number of hydrogen-bond acceptors (Lipinski definition) is 8. The zero-order chi connectivity index (χ0) is 27.1. The molecule has 6 rings (SSSR count). The Bertz CT molecular complexity index is 1190. The average Bonchev–Trinajstić information content (AvgIpc) is 3.19. The van der Waals surface area contributed by atoms with Crippen LogP contribution in [0.1, 0.15) is 73.6 Å². The van der Waals surface area contributed by atoms with E-state index in [0.29, 0.717) is 29.6 Å². The highest BCUT2D eigenvalue weighted by Crippen LogP contribution is 2.67. The SMILES string of the molecule is C[C@H]1C[C@@]2(C[C@](C)(O)C3=C[C@@H](O)[C@H]4C5=C(C(=O)[C@H](O2)[C@]34C)[C@@]2(C)CC[C@H](O)C(C)(C)[C@@H]2CC5=O)OC1=O. The second-order valence-electron chi connectivity index (χ2n) is 13.8. The molecule has 10 atom stereocenters. The number of carbonyl (C=O) groups is 3. The maximum atomic E-state index is 14.7. The lowest BCUT2D eigenvalue weighted by Gasteiger charge is -2.59. The number of aliphatic hydroxyl groups excluding tert-OH is 2. The van der Waals surface area contributed by atoms with E-state index < -0.39 is 63.8 Å². The molecule has 0 amide bonds. The largest absolute Gasteiger partial charge is 0.433 e. The van der Waals surface area contributed by atoms with Gasteiger partial charge in [0.2, 0.25) is 5.79 Å². The van der Waals surface area contributed by atoms with E-state index in [1.165, 1.54) is 0 Å². The van der Waals surface area contributed by atoms with Crippen LogP contribution in [0.25, 0.3) is 0 Å². The number of fused-ring (bicyclic) bond motifs is 3. The molecule has 3 N–H and O–H groups in total. The van der Waals surface area contributed by atoms with E-state index in [9.17, 15) is 29.7 Å². The summed E-state index contributed by atoms with van der Waals surface area (Å²) in [5, 5.41) is 34.0. The molecule has 4 aliphatic carbocycles. The number of hydrogen-bond donors (Lipinski definition) is 3. The van der Waals surface area contributed by atoms with Crippen molar-refractivity contribution in [3.05, 3.63) is 22.8 Å². The molecule has 2 saturated heterocycles. The third-order valence-electron chi connectivity index (χ3n) is 11.1. The lowest BCUT2D eigenvalue weighted by atomic mass is 9.45. The van der Waals surface area contributed by atoms with Gasteiger partial charge in [0.25, 0.3) is 0 Å². The van der Waals surface area contributed by atoms with Gasteiger partial charge in [0.05, 0.1) is 23.7 Å².